The van der Waals surface area contributed by atoms with Crippen LogP contribution < -0.4 is 5.73 Å². The van der Waals surface area contributed by atoms with Crippen molar-refractivity contribution in [2.45, 2.75) is 25.8 Å². The SMILES string of the molecule is CCc1nnc(C(N)Cc2ccc(F)cc2)o1. The highest BCUT2D eigenvalue weighted by Gasteiger charge is 2.14. The average molecular weight is 235 g/mol. The zero-order valence-corrected chi connectivity index (χ0v) is 9.56. The smallest absolute Gasteiger partial charge is 0.233 e. The van der Waals surface area contributed by atoms with Gasteiger partial charge in [0.05, 0.1) is 6.04 Å². The summed E-state index contributed by atoms with van der Waals surface area (Å²) in [5.74, 6) is 0.745. The predicted octanol–water partition coefficient (Wildman–Crippen LogP) is 2.01. The molecule has 17 heavy (non-hydrogen) atoms. The first-order chi connectivity index (χ1) is 8.19. The minimum Gasteiger partial charge on any atom is -0.424 e. The first kappa shape index (κ1) is 11.7. The standard InChI is InChI=1S/C12H14FN3O/c1-2-11-15-16-12(17-11)10(14)7-8-3-5-9(13)6-4-8/h3-6,10H,2,7,14H2,1H3. The predicted molar refractivity (Wildman–Crippen MR) is 60.7 cm³/mol. The molecule has 2 aromatic rings. The lowest BCUT2D eigenvalue weighted by atomic mass is 10.1. The molecule has 5 heteroatoms. The summed E-state index contributed by atoms with van der Waals surface area (Å²) in [7, 11) is 0. The molecule has 0 aliphatic heterocycles. The van der Waals surface area contributed by atoms with E-state index in [1.165, 1.54) is 12.1 Å². The molecule has 1 atom stereocenters. The summed E-state index contributed by atoms with van der Waals surface area (Å²) in [4.78, 5) is 0. The first-order valence-corrected chi connectivity index (χ1v) is 5.51. The number of nitrogens with two attached hydrogens (primary N) is 1. The maximum atomic E-state index is 12.7. The third kappa shape index (κ3) is 2.88. The molecule has 1 unspecified atom stereocenters. The largest absolute Gasteiger partial charge is 0.424 e. The molecule has 2 N–H and O–H groups in total. The third-order valence-corrected chi connectivity index (χ3v) is 2.47. The van der Waals surface area contributed by atoms with E-state index in [4.69, 9.17) is 10.2 Å². The van der Waals surface area contributed by atoms with Crippen LogP contribution in [0.3, 0.4) is 0 Å². The molecule has 0 aliphatic rings. The number of rotatable bonds is 4. The molecule has 2 rings (SSSR count). The Morgan fingerprint density at radius 1 is 1.29 bits per heavy atom. The van der Waals surface area contributed by atoms with E-state index in [0.717, 1.165) is 5.56 Å². The number of aromatic nitrogens is 2. The maximum Gasteiger partial charge on any atom is 0.233 e. The van der Waals surface area contributed by atoms with Gasteiger partial charge >= 0.3 is 0 Å². The summed E-state index contributed by atoms with van der Waals surface area (Å²) in [6, 6.07) is 5.87. The molecule has 0 fully saturated rings. The molecule has 0 aliphatic carbocycles. The second kappa shape index (κ2) is 5.05. The van der Waals surface area contributed by atoms with Crippen LogP contribution in [0.5, 0.6) is 0 Å². The normalized spacial score (nSPS) is 12.6. The van der Waals surface area contributed by atoms with Crippen molar-refractivity contribution in [2.75, 3.05) is 0 Å². The number of aryl methyl sites for hydroxylation is 1. The molecule has 90 valence electrons. The minimum absolute atomic E-state index is 0.256. The van der Waals surface area contributed by atoms with E-state index in [1.807, 2.05) is 6.92 Å². The van der Waals surface area contributed by atoms with E-state index in [9.17, 15) is 4.39 Å². The van der Waals surface area contributed by atoms with Crippen LogP contribution in [0, 0.1) is 5.82 Å². The van der Waals surface area contributed by atoms with Gasteiger partial charge in [-0.1, -0.05) is 19.1 Å². The summed E-state index contributed by atoms with van der Waals surface area (Å²) in [5.41, 5.74) is 6.88. The fourth-order valence-electron chi connectivity index (χ4n) is 1.52. The van der Waals surface area contributed by atoms with Crippen molar-refractivity contribution in [1.82, 2.24) is 10.2 Å². The van der Waals surface area contributed by atoms with Crippen LogP contribution in [0.2, 0.25) is 0 Å². The fraction of sp³-hybridized carbons (Fsp3) is 0.333. The first-order valence-electron chi connectivity index (χ1n) is 5.51. The summed E-state index contributed by atoms with van der Waals surface area (Å²) in [5, 5.41) is 7.74. The average Bonchev–Trinajstić information content (AvgIpc) is 2.81. The number of benzene rings is 1. The Morgan fingerprint density at radius 3 is 2.59 bits per heavy atom. The molecule has 0 saturated heterocycles. The molecule has 0 saturated carbocycles. The number of hydrogen-bond donors (Lipinski definition) is 1. The van der Waals surface area contributed by atoms with Crippen molar-refractivity contribution < 1.29 is 8.81 Å². The topological polar surface area (TPSA) is 64.9 Å². The van der Waals surface area contributed by atoms with Gasteiger partial charge in [0.2, 0.25) is 11.8 Å². The molecule has 1 aromatic heterocycles. The van der Waals surface area contributed by atoms with Gasteiger partial charge in [-0.05, 0) is 24.1 Å². The van der Waals surface area contributed by atoms with Gasteiger partial charge in [-0.15, -0.1) is 10.2 Å². The van der Waals surface area contributed by atoms with Gasteiger partial charge < -0.3 is 10.2 Å². The van der Waals surface area contributed by atoms with Crippen molar-refractivity contribution in [1.29, 1.82) is 0 Å². The van der Waals surface area contributed by atoms with Crippen LogP contribution >= 0.6 is 0 Å². The molecule has 0 spiro atoms. The van der Waals surface area contributed by atoms with Crippen molar-refractivity contribution >= 4 is 0 Å². The summed E-state index contributed by atoms with van der Waals surface area (Å²) in [6.07, 6.45) is 1.24. The minimum atomic E-state index is -0.353. The Hall–Kier alpha value is -1.75. The number of halogens is 1. The van der Waals surface area contributed by atoms with Crippen LogP contribution in [0.25, 0.3) is 0 Å². The van der Waals surface area contributed by atoms with Crippen molar-refractivity contribution in [3.63, 3.8) is 0 Å². The Kier molecular flexibility index (Phi) is 3.49. The Balaban J connectivity index is 2.05. The van der Waals surface area contributed by atoms with Crippen LogP contribution in [0.4, 0.5) is 4.39 Å². The maximum absolute atomic E-state index is 12.7. The van der Waals surface area contributed by atoms with Crippen molar-refractivity contribution in [3.05, 3.63) is 47.4 Å². The van der Waals surface area contributed by atoms with Crippen LogP contribution in [-0.2, 0) is 12.8 Å². The van der Waals surface area contributed by atoms with E-state index < -0.39 is 0 Å². The fourth-order valence-corrected chi connectivity index (χ4v) is 1.52. The summed E-state index contributed by atoms with van der Waals surface area (Å²) < 4.78 is 18.1. The van der Waals surface area contributed by atoms with Crippen molar-refractivity contribution in [2.24, 2.45) is 5.73 Å². The third-order valence-electron chi connectivity index (χ3n) is 2.47. The highest BCUT2D eigenvalue weighted by Crippen LogP contribution is 2.15. The molecule has 0 amide bonds. The quantitative estimate of drug-likeness (QED) is 0.880. The van der Waals surface area contributed by atoms with E-state index in [0.29, 0.717) is 24.6 Å². The van der Waals surface area contributed by atoms with Gasteiger partial charge in [0.25, 0.3) is 0 Å². The highest BCUT2D eigenvalue weighted by atomic mass is 19.1. The number of hydrogen-bond acceptors (Lipinski definition) is 4. The highest BCUT2D eigenvalue weighted by molar-refractivity contribution is 5.17. The molecule has 1 aromatic carbocycles. The monoisotopic (exact) mass is 235 g/mol. The summed E-state index contributed by atoms with van der Waals surface area (Å²) in [6.45, 7) is 1.93. The van der Waals surface area contributed by atoms with Gasteiger partial charge in [-0.25, -0.2) is 4.39 Å². The molecule has 0 bridgehead atoms. The van der Waals surface area contributed by atoms with Gasteiger partial charge in [0.1, 0.15) is 5.82 Å². The Labute approximate surface area is 98.7 Å². The summed E-state index contributed by atoms with van der Waals surface area (Å²) >= 11 is 0. The van der Waals surface area contributed by atoms with E-state index in [2.05, 4.69) is 10.2 Å². The second-order valence-electron chi connectivity index (χ2n) is 3.82. The second-order valence-corrected chi connectivity index (χ2v) is 3.82. The van der Waals surface area contributed by atoms with E-state index in [-0.39, 0.29) is 11.9 Å². The molecule has 4 nitrogen and oxygen atoms in total. The molecular formula is C12H14FN3O. The van der Waals surface area contributed by atoms with Crippen LogP contribution in [-0.4, -0.2) is 10.2 Å². The van der Waals surface area contributed by atoms with Gasteiger partial charge in [-0.2, -0.15) is 0 Å². The molecule has 0 radical (unpaired) electrons. The Morgan fingerprint density at radius 2 is 2.00 bits per heavy atom. The van der Waals surface area contributed by atoms with Crippen LogP contribution in [0.15, 0.2) is 28.7 Å². The van der Waals surface area contributed by atoms with E-state index in [1.54, 1.807) is 12.1 Å². The zero-order chi connectivity index (χ0) is 12.3. The lowest BCUT2D eigenvalue weighted by Gasteiger charge is -2.06. The van der Waals surface area contributed by atoms with Crippen molar-refractivity contribution in [3.8, 4) is 0 Å². The molecular weight excluding hydrogens is 221 g/mol. The zero-order valence-electron chi connectivity index (χ0n) is 9.56. The molecule has 1 heterocycles. The number of nitrogens with zero attached hydrogens (tertiary/aromatic N) is 2. The van der Waals surface area contributed by atoms with Gasteiger partial charge in [0.15, 0.2) is 0 Å². The van der Waals surface area contributed by atoms with Gasteiger partial charge in [0, 0.05) is 6.42 Å². The van der Waals surface area contributed by atoms with Gasteiger partial charge in [-0.3, -0.25) is 0 Å². The van der Waals surface area contributed by atoms with E-state index >= 15 is 0 Å². The lowest BCUT2D eigenvalue weighted by Crippen LogP contribution is -2.13. The lowest BCUT2D eigenvalue weighted by molar-refractivity contribution is 0.419. The van der Waals surface area contributed by atoms with Crippen LogP contribution in [0.1, 0.15) is 30.3 Å². The Bertz CT molecular complexity index is 481.